The van der Waals surface area contributed by atoms with E-state index in [4.69, 9.17) is 9.47 Å². The summed E-state index contributed by atoms with van der Waals surface area (Å²) in [6, 6.07) is 7.82. The number of nitrogens with one attached hydrogen (secondary N) is 1. The Morgan fingerprint density at radius 3 is 2.83 bits per heavy atom. The molecule has 5 nitrogen and oxygen atoms in total. The molecule has 0 saturated heterocycles. The minimum absolute atomic E-state index is 0.0206. The summed E-state index contributed by atoms with van der Waals surface area (Å²) in [5.74, 6) is 1.22. The van der Waals surface area contributed by atoms with Crippen molar-refractivity contribution in [2.45, 2.75) is 19.4 Å². The quantitative estimate of drug-likeness (QED) is 0.902. The highest BCUT2D eigenvalue weighted by Crippen LogP contribution is 2.33. The Morgan fingerprint density at radius 1 is 1.29 bits per heavy atom. The number of anilines is 1. The number of benzene rings is 1. The lowest BCUT2D eigenvalue weighted by molar-refractivity contribution is -0.117. The van der Waals surface area contributed by atoms with Crippen LogP contribution in [0, 0.1) is 0 Å². The Bertz CT molecular complexity index is 729. The molecular weight excluding hydrogens is 324 g/mol. The van der Waals surface area contributed by atoms with Crippen LogP contribution in [0.4, 0.5) is 5.69 Å². The van der Waals surface area contributed by atoms with E-state index >= 15 is 0 Å². The van der Waals surface area contributed by atoms with E-state index in [1.54, 1.807) is 26.4 Å². The summed E-state index contributed by atoms with van der Waals surface area (Å²) in [5.41, 5.74) is 2.06. The van der Waals surface area contributed by atoms with Crippen molar-refractivity contribution in [1.82, 2.24) is 4.90 Å². The van der Waals surface area contributed by atoms with E-state index in [1.165, 1.54) is 10.4 Å². The predicted octanol–water partition coefficient (Wildman–Crippen LogP) is 3.32. The molecule has 128 valence electrons. The lowest BCUT2D eigenvalue weighted by Crippen LogP contribution is -2.39. The molecule has 1 aliphatic rings. The van der Waals surface area contributed by atoms with Crippen LogP contribution in [0.15, 0.2) is 29.6 Å². The van der Waals surface area contributed by atoms with Crippen LogP contribution >= 0.6 is 11.3 Å². The maximum atomic E-state index is 12.4. The number of ether oxygens (including phenoxy) is 2. The molecule has 0 radical (unpaired) electrons. The van der Waals surface area contributed by atoms with Gasteiger partial charge in [-0.25, -0.2) is 0 Å². The van der Waals surface area contributed by atoms with Crippen molar-refractivity contribution in [2.75, 3.05) is 32.6 Å². The van der Waals surface area contributed by atoms with Crippen LogP contribution in [0.5, 0.6) is 11.5 Å². The van der Waals surface area contributed by atoms with Crippen LogP contribution in [0.2, 0.25) is 0 Å². The summed E-state index contributed by atoms with van der Waals surface area (Å²) in [7, 11) is 3.17. The van der Waals surface area contributed by atoms with E-state index in [9.17, 15) is 4.79 Å². The average Bonchev–Trinajstić information content (AvgIpc) is 3.06. The van der Waals surface area contributed by atoms with E-state index < -0.39 is 0 Å². The summed E-state index contributed by atoms with van der Waals surface area (Å²) >= 11 is 1.81. The molecule has 1 atom stereocenters. The molecule has 0 spiro atoms. The first-order chi connectivity index (χ1) is 11.6. The number of amides is 1. The number of nitrogens with zero attached hydrogens (tertiary/aromatic N) is 1. The van der Waals surface area contributed by atoms with Gasteiger partial charge in [0.1, 0.15) is 0 Å². The summed E-state index contributed by atoms with van der Waals surface area (Å²) in [4.78, 5) is 16.1. The van der Waals surface area contributed by atoms with Crippen molar-refractivity contribution in [3.63, 3.8) is 0 Å². The number of carbonyl (C=O) groups excluding carboxylic acids is 1. The van der Waals surface area contributed by atoms with Crippen molar-refractivity contribution < 1.29 is 14.3 Å². The average molecular weight is 346 g/mol. The van der Waals surface area contributed by atoms with E-state index in [0.717, 1.165) is 13.0 Å². The molecule has 3 rings (SSSR count). The summed E-state index contributed by atoms with van der Waals surface area (Å²) < 4.78 is 10.5. The molecule has 1 N–H and O–H groups in total. The zero-order valence-corrected chi connectivity index (χ0v) is 15.0. The highest BCUT2D eigenvalue weighted by Gasteiger charge is 2.26. The van der Waals surface area contributed by atoms with Crippen molar-refractivity contribution >= 4 is 22.9 Å². The Morgan fingerprint density at radius 2 is 2.08 bits per heavy atom. The Hall–Kier alpha value is -2.05. The monoisotopic (exact) mass is 346 g/mol. The molecule has 0 bridgehead atoms. The minimum Gasteiger partial charge on any atom is -0.493 e. The molecule has 1 amide bonds. The number of fused-ring (bicyclic) bond motifs is 1. The van der Waals surface area contributed by atoms with Gasteiger partial charge in [-0.1, -0.05) is 0 Å². The van der Waals surface area contributed by atoms with Gasteiger partial charge in [-0.15, -0.1) is 11.3 Å². The van der Waals surface area contributed by atoms with Crippen molar-refractivity contribution in [1.29, 1.82) is 0 Å². The molecule has 1 aromatic carbocycles. The molecule has 2 aromatic rings. The Balaban J connectivity index is 1.64. The second-order valence-corrected chi connectivity index (χ2v) is 6.81. The molecule has 1 aliphatic heterocycles. The van der Waals surface area contributed by atoms with E-state index in [-0.39, 0.29) is 11.9 Å². The van der Waals surface area contributed by atoms with Gasteiger partial charge in [-0.2, -0.15) is 0 Å². The molecule has 0 unspecified atom stereocenters. The van der Waals surface area contributed by atoms with Crippen LogP contribution < -0.4 is 14.8 Å². The zero-order valence-electron chi connectivity index (χ0n) is 14.2. The lowest BCUT2D eigenvalue weighted by Gasteiger charge is -2.32. The maximum Gasteiger partial charge on any atom is 0.238 e. The topological polar surface area (TPSA) is 50.8 Å². The van der Waals surface area contributed by atoms with Gasteiger partial charge < -0.3 is 14.8 Å². The fourth-order valence-electron chi connectivity index (χ4n) is 3.08. The molecule has 0 saturated carbocycles. The van der Waals surface area contributed by atoms with Gasteiger partial charge in [0.2, 0.25) is 5.91 Å². The smallest absolute Gasteiger partial charge is 0.238 e. The first-order valence-electron chi connectivity index (χ1n) is 7.94. The third kappa shape index (κ3) is 3.39. The summed E-state index contributed by atoms with van der Waals surface area (Å²) in [5, 5.41) is 5.07. The maximum absolute atomic E-state index is 12.4. The number of hydrogen-bond donors (Lipinski definition) is 1. The molecule has 2 heterocycles. The summed E-state index contributed by atoms with van der Waals surface area (Å²) in [6.07, 6.45) is 1.01. The highest BCUT2D eigenvalue weighted by molar-refractivity contribution is 7.10. The molecule has 24 heavy (non-hydrogen) atoms. The fraction of sp³-hybridized carbons (Fsp3) is 0.389. The minimum atomic E-state index is -0.0206. The zero-order chi connectivity index (χ0) is 17.1. The van der Waals surface area contributed by atoms with E-state index in [2.05, 4.69) is 28.6 Å². The van der Waals surface area contributed by atoms with Gasteiger partial charge in [0.05, 0.1) is 20.8 Å². The van der Waals surface area contributed by atoms with Gasteiger partial charge in [-0.05, 0) is 42.5 Å². The second kappa shape index (κ2) is 7.23. The SMILES string of the molecule is COc1ccc(NC(=O)CN2CCc3sccc3[C@@H]2C)cc1OC. The van der Waals surface area contributed by atoms with Crippen LogP contribution in [0.3, 0.4) is 0 Å². The third-order valence-corrected chi connectivity index (χ3v) is 5.41. The lowest BCUT2D eigenvalue weighted by atomic mass is 10.0. The number of carbonyl (C=O) groups is 1. The normalized spacial score (nSPS) is 17.2. The second-order valence-electron chi connectivity index (χ2n) is 5.81. The number of thiophene rings is 1. The molecular formula is C18H22N2O3S. The third-order valence-electron chi connectivity index (χ3n) is 4.42. The van der Waals surface area contributed by atoms with Gasteiger partial charge >= 0.3 is 0 Å². The largest absolute Gasteiger partial charge is 0.493 e. The number of hydrogen-bond acceptors (Lipinski definition) is 5. The summed E-state index contributed by atoms with van der Waals surface area (Å²) in [6.45, 7) is 3.45. The number of methoxy groups -OCH3 is 2. The first kappa shape index (κ1) is 16.8. The van der Waals surface area contributed by atoms with Gasteiger partial charge in [0.15, 0.2) is 11.5 Å². The van der Waals surface area contributed by atoms with Crippen LogP contribution in [-0.2, 0) is 11.2 Å². The molecule has 0 aliphatic carbocycles. The molecule has 1 aromatic heterocycles. The van der Waals surface area contributed by atoms with E-state index in [0.29, 0.717) is 23.7 Å². The van der Waals surface area contributed by atoms with Crippen molar-refractivity contribution in [3.05, 3.63) is 40.1 Å². The molecule has 0 fully saturated rings. The van der Waals surface area contributed by atoms with Gasteiger partial charge in [0.25, 0.3) is 0 Å². The van der Waals surface area contributed by atoms with Crippen LogP contribution in [0.25, 0.3) is 0 Å². The predicted molar refractivity (Wildman–Crippen MR) is 96.2 cm³/mol. The van der Waals surface area contributed by atoms with Gasteiger partial charge in [-0.3, -0.25) is 9.69 Å². The number of rotatable bonds is 5. The Kier molecular flexibility index (Phi) is 5.06. The van der Waals surface area contributed by atoms with Crippen LogP contribution in [0.1, 0.15) is 23.4 Å². The molecule has 6 heteroatoms. The standard InChI is InChI=1S/C18H22N2O3S/c1-12-14-7-9-24-17(14)6-8-20(12)11-18(21)19-13-4-5-15(22-2)16(10-13)23-3/h4-5,7,9-10,12H,6,8,11H2,1-3H3,(H,19,21)/t12-/m0/s1. The Labute approximate surface area is 146 Å². The van der Waals surface area contributed by atoms with E-state index in [1.807, 2.05) is 17.4 Å². The van der Waals surface area contributed by atoms with Crippen molar-refractivity contribution in [3.8, 4) is 11.5 Å². The van der Waals surface area contributed by atoms with Gasteiger partial charge in [0, 0.05) is 29.2 Å². The van der Waals surface area contributed by atoms with Crippen molar-refractivity contribution in [2.24, 2.45) is 0 Å². The van der Waals surface area contributed by atoms with Crippen LogP contribution in [-0.4, -0.2) is 38.1 Å². The first-order valence-corrected chi connectivity index (χ1v) is 8.82. The highest BCUT2D eigenvalue weighted by atomic mass is 32.1. The fourth-order valence-corrected chi connectivity index (χ4v) is 4.04.